The van der Waals surface area contributed by atoms with Crippen LogP contribution in [-0.4, -0.2) is 39.0 Å². The Balaban J connectivity index is 1.98. The fourth-order valence-electron chi connectivity index (χ4n) is 3.71. The van der Waals surface area contributed by atoms with Crippen LogP contribution in [-0.2, 0) is 13.0 Å². The molecule has 1 unspecified atom stereocenters. The normalized spacial score (nSPS) is 17.1. The van der Waals surface area contributed by atoms with Crippen LogP contribution in [0.4, 0.5) is 0 Å². The smallest absolute Gasteiger partial charge is 0.268 e. The van der Waals surface area contributed by atoms with Crippen molar-refractivity contribution in [1.29, 1.82) is 0 Å². The van der Waals surface area contributed by atoms with Gasteiger partial charge in [0.25, 0.3) is 5.56 Å². The van der Waals surface area contributed by atoms with Crippen molar-refractivity contribution in [2.24, 2.45) is 0 Å². The Morgan fingerprint density at radius 3 is 2.81 bits per heavy atom. The van der Waals surface area contributed by atoms with Crippen molar-refractivity contribution in [2.45, 2.75) is 18.1 Å². The number of thioether (sulfide) groups is 1. The molecule has 1 N–H and O–H groups in total. The number of quaternary nitrogens is 1. The predicted molar refractivity (Wildman–Crippen MR) is 105 cm³/mol. The van der Waals surface area contributed by atoms with Crippen molar-refractivity contribution in [1.82, 2.24) is 19.2 Å². The first kappa shape index (κ1) is 16.0. The minimum Gasteiger partial charge on any atom is -0.333 e. The zero-order valence-corrected chi connectivity index (χ0v) is 16.2. The summed E-state index contributed by atoms with van der Waals surface area (Å²) in [7, 11) is 2.21. The highest BCUT2D eigenvalue weighted by Gasteiger charge is 2.27. The van der Waals surface area contributed by atoms with E-state index in [4.69, 9.17) is 0 Å². The highest BCUT2D eigenvalue weighted by atomic mass is 32.2. The van der Waals surface area contributed by atoms with Crippen LogP contribution < -0.4 is 10.5 Å². The number of hydrogen-bond acceptors (Lipinski definition) is 5. The van der Waals surface area contributed by atoms with Gasteiger partial charge in [0.15, 0.2) is 5.16 Å². The Morgan fingerprint density at radius 1 is 1.23 bits per heavy atom. The average Bonchev–Trinajstić information content (AvgIpc) is 3.23. The number of nitrogens with one attached hydrogen (secondary N) is 1. The molecule has 0 fully saturated rings. The van der Waals surface area contributed by atoms with Crippen LogP contribution in [0.1, 0.15) is 10.4 Å². The molecule has 4 heterocycles. The minimum atomic E-state index is 0.0100. The summed E-state index contributed by atoms with van der Waals surface area (Å²) in [5, 5.41) is 10.3. The standard InChI is InChI=1S/C18H17N5OS2/c1-21-9-8-12-13(10-21)26-16-14(12)15(24)22(11-6-4-3-5-7-11)17-19-20-18(25-2)23(16)17/h3-7H,8-10H2,1-2H3/p+1. The Kier molecular flexibility index (Phi) is 3.66. The average molecular weight is 385 g/mol. The van der Waals surface area contributed by atoms with Crippen molar-refractivity contribution in [3.63, 3.8) is 0 Å². The Bertz CT molecular complexity index is 1190. The zero-order valence-electron chi connectivity index (χ0n) is 14.5. The molecule has 1 aliphatic heterocycles. The van der Waals surface area contributed by atoms with Gasteiger partial charge in [-0.3, -0.25) is 4.79 Å². The van der Waals surface area contributed by atoms with Crippen molar-refractivity contribution in [3.05, 3.63) is 51.1 Å². The lowest BCUT2D eigenvalue weighted by molar-refractivity contribution is -0.895. The molecule has 0 saturated heterocycles. The molecule has 26 heavy (non-hydrogen) atoms. The fourth-order valence-corrected chi connectivity index (χ4v) is 5.70. The van der Waals surface area contributed by atoms with E-state index in [9.17, 15) is 4.79 Å². The largest absolute Gasteiger partial charge is 0.333 e. The van der Waals surface area contributed by atoms with Crippen LogP contribution in [0.15, 0.2) is 40.3 Å². The van der Waals surface area contributed by atoms with Gasteiger partial charge in [0.05, 0.1) is 29.5 Å². The van der Waals surface area contributed by atoms with Gasteiger partial charge in [0.1, 0.15) is 11.4 Å². The molecular weight excluding hydrogens is 366 g/mol. The van der Waals surface area contributed by atoms with E-state index >= 15 is 0 Å². The number of likely N-dealkylation sites (N-methyl/N-ethyl adjacent to an activating group) is 1. The number of rotatable bonds is 2. The molecular formula is C18H18N5OS2+. The van der Waals surface area contributed by atoms with E-state index in [1.807, 2.05) is 41.0 Å². The van der Waals surface area contributed by atoms with E-state index in [2.05, 4.69) is 17.2 Å². The van der Waals surface area contributed by atoms with Crippen LogP contribution >= 0.6 is 23.1 Å². The minimum absolute atomic E-state index is 0.0100. The van der Waals surface area contributed by atoms with Gasteiger partial charge in [-0.15, -0.1) is 21.5 Å². The highest BCUT2D eigenvalue weighted by molar-refractivity contribution is 7.98. The van der Waals surface area contributed by atoms with Crippen LogP contribution in [0, 0.1) is 0 Å². The van der Waals surface area contributed by atoms with E-state index in [0.717, 1.165) is 40.6 Å². The van der Waals surface area contributed by atoms with Crippen molar-refractivity contribution in [2.75, 3.05) is 19.8 Å². The van der Waals surface area contributed by atoms with Gasteiger partial charge in [0, 0.05) is 6.42 Å². The second-order valence-corrected chi connectivity index (χ2v) is 8.47. The molecule has 132 valence electrons. The van der Waals surface area contributed by atoms with E-state index in [0.29, 0.717) is 5.78 Å². The molecule has 6 nitrogen and oxygen atoms in total. The summed E-state index contributed by atoms with van der Waals surface area (Å²) in [6, 6.07) is 9.72. The van der Waals surface area contributed by atoms with Crippen molar-refractivity contribution in [3.8, 4) is 5.69 Å². The predicted octanol–water partition coefficient (Wildman–Crippen LogP) is 1.39. The topological polar surface area (TPSA) is 56.6 Å². The molecule has 1 aromatic carbocycles. The van der Waals surface area contributed by atoms with Crippen molar-refractivity contribution >= 4 is 39.1 Å². The molecule has 0 amide bonds. The number of aromatic nitrogens is 4. The quantitative estimate of drug-likeness (QED) is 0.531. The Labute approximate surface area is 158 Å². The molecule has 1 atom stereocenters. The summed E-state index contributed by atoms with van der Waals surface area (Å²) >= 11 is 3.27. The lowest BCUT2D eigenvalue weighted by Crippen LogP contribution is -3.08. The molecule has 5 rings (SSSR count). The first-order valence-corrected chi connectivity index (χ1v) is 10.6. The molecule has 8 heteroatoms. The SMILES string of the molecule is CSc1nnc2n(-c3ccccc3)c(=O)c3c4c(sc3n12)C[NH+](C)CC4. The van der Waals surface area contributed by atoms with E-state index in [1.165, 1.54) is 15.3 Å². The summed E-state index contributed by atoms with van der Waals surface area (Å²) in [6.45, 7) is 2.02. The lowest BCUT2D eigenvalue weighted by atomic mass is 10.1. The van der Waals surface area contributed by atoms with Gasteiger partial charge in [-0.05, 0) is 24.0 Å². The number of para-hydroxylation sites is 1. The number of fused-ring (bicyclic) bond motifs is 5. The van der Waals surface area contributed by atoms with Gasteiger partial charge in [0.2, 0.25) is 5.78 Å². The van der Waals surface area contributed by atoms with E-state index < -0.39 is 0 Å². The third kappa shape index (κ3) is 2.19. The number of nitrogens with zero attached hydrogens (tertiary/aromatic N) is 4. The molecule has 3 aromatic heterocycles. The number of hydrogen-bond donors (Lipinski definition) is 1. The first-order chi connectivity index (χ1) is 12.7. The van der Waals surface area contributed by atoms with E-state index in [-0.39, 0.29) is 5.56 Å². The highest BCUT2D eigenvalue weighted by Crippen LogP contribution is 2.33. The molecule has 0 aliphatic carbocycles. The first-order valence-electron chi connectivity index (χ1n) is 8.54. The summed E-state index contributed by atoms with van der Waals surface area (Å²) in [4.78, 5) is 17.3. The van der Waals surface area contributed by atoms with Crippen LogP contribution in [0.3, 0.4) is 0 Å². The summed E-state index contributed by atoms with van der Waals surface area (Å²) < 4.78 is 3.75. The maximum atomic E-state index is 13.5. The molecule has 0 bridgehead atoms. The summed E-state index contributed by atoms with van der Waals surface area (Å²) in [6.07, 6.45) is 2.93. The monoisotopic (exact) mass is 384 g/mol. The van der Waals surface area contributed by atoms with Crippen LogP contribution in [0.2, 0.25) is 0 Å². The third-order valence-corrected chi connectivity index (χ3v) is 6.82. The molecule has 1 aliphatic rings. The molecule has 0 saturated carbocycles. The fraction of sp³-hybridized carbons (Fsp3) is 0.278. The third-order valence-electron chi connectivity index (χ3n) is 4.97. The maximum absolute atomic E-state index is 13.5. The summed E-state index contributed by atoms with van der Waals surface area (Å²) in [5.74, 6) is 0.581. The molecule has 4 aromatic rings. The van der Waals surface area contributed by atoms with Gasteiger partial charge < -0.3 is 4.90 Å². The molecule has 0 radical (unpaired) electrons. The maximum Gasteiger partial charge on any atom is 0.268 e. The van der Waals surface area contributed by atoms with Crippen LogP contribution in [0.5, 0.6) is 0 Å². The van der Waals surface area contributed by atoms with Gasteiger partial charge in [-0.25, -0.2) is 8.97 Å². The number of benzene rings is 1. The van der Waals surface area contributed by atoms with Crippen molar-refractivity contribution < 1.29 is 4.90 Å². The van der Waals surface area contributed by atoms with Gasteiger partial charge in [-0.1, -0.05) is 30.0 Å². The van der Waals surface area contributed by atoms with Crippen LogP contribution in [0.25, 0.3) is 21.7 Å². The number of thiophene rings is 1. The van der Waals surface area contributed by atoms with Gasteiger partial charge in [-0.2, -0.15) is 0 Å². The Morgan fingerprint density at radius 2 is 2.04 bits per heavy atom. The zero-order chi connectivity index (χ0) is 17.8. The second kappa shape index (κ2) is 5.94. The molecule has 0 spiro atoms. The Hall–Kier alpha value is -2.16. The lowest BCUT2D eigenvalue weighted by Gasteiger charge is -2.19. The van der Waals surface area contributed by atoms with Gasteiger partial charge >= 0.3 is 0 Å². The van der Waals surface area contributed by atoms with E-state index in [1.54, 1.807) is 27.7 Å². The summed E-state index contributed by atoms with van der Waals surface area (Å²) in [5.41, 5.74) is 2.05. The second-order valence-electron chi connectivity index (χ2n) is 6.62.